The zero-order valence-electron chi connectivity index (χ0n) is 10.9. The van der Waals surface area contributed by atoms with E-state index >= 15 is 0 Å². The van der Waals surface area contributed by atoms with Gasteiger partial charge in [0.05, 0.1) is 26.9 Å². The monoisotopic (exact) mass is 350 g/mol. The summed E-state index contributed by atoms with van der Waals surface area (Å²) in [5.41, 5.74) is 3.10. The maximum atomic E-state index is 11.8. The van der Waals surface area contributed by atoms with Gasteiger partial charge in [-0.2, -0.15) is 0 Å². The number of nitrogens with one attached hydrogen (secondary N) is 1. The van der Waals surface area contributed by atoms with Crippen molar-refractivity contribution in [1.82, 2.24) is 9.97 Å². The van der Waals surface area contributed by atoms with E-state index < -0.39 is 0 Å². The van der Waals surface area contributed by atoms with Crippen LogP contribution in [0.15, 0.2) is 28.1 Å². The van der Waals surface area contributed by atoms with E-state index in [0.717, 1.165) is 20.0 Å². The fourth-order valence-corrected chi connectivity index (χ4v) is 3.48. The van der Waals surface area contributed by atoms with Gasteiger partial charge in [-0.3, -0.25) is 0 Å². The number of nitrogens with zero attached hydrogens (tertiary/aromatic N) is 1. The summed E-state index contributed by atoms with van der Waals surface area (Å²) < 4.78 is 5.87. The van der Waals surface area contributed by atoms with Gasteiger partial charge in [-0.1, -0.05) is 6.07 Å². The number of hydrogen-bond acceptors (Lipinski definition) is 4. The van der Waals surface area contributed by atoms with E-state index in [2.05, 4.69) is 32.0 Å². The summed E-state index contributed by atoms with van der Waals surface area (Å²) in [5, 5.41) is 0. The molecule has 1 aromatic carbocycles. The van der Waals surface area contributed by atoms with Crippen LogP contribution < -0.4 is 0 Å². The van der Waals surface area contributed by atoms with Gasteiger partial charge in [-0.05, 0) is 46.6 Å². The summed E-state index contributed by atoms with van der Waals surface area (Å²) in [7, 11) is 1.37. The van der Waals surface area contributed by atoms with Crippen molar-refractivity contribution in [2.75, 3.05) is 7.11 Å². The van der Waals surface area contributed by atoms with Crippen molar-refractivity contribution in [2.45, 2.75) is 6.92 Å². The number of hydrogen-bond donors (Lipinski definition) is 1. The number of carbonyl (C=O) groups is 1. The van der Waals surface area contributed by atoms with Crippen molar-refractivity contribution in [3.05, 3.63) is 39.2 Å². The van der Waals surface area contributed by atoms with Crippen LogP contribution in [0.3, 0.4) is 0 Å². The van der Waals surface area contributed by atoms with E-state index in [1.807, 2.05) is 19.1 Å². The summed E-state index contributed by atoms with van der Waals surface area (Å²) in [5.74, 6) is 0.382. The lowest BCUT2D eigenvalue weighted by Gasteiger charge is -1.98. The van der Waals surface area contributed by atoms with Crippen LogP contribution in [0.1, 0.15) is 15.9 Å². The van der Waals surface area contributed by atoms with E-state index in [9.17, 15) is 4.79 Å². The summed E-state index contributed by atoms with van der Waals surface area (Å²) in [6.07, 6.45) is 0. The number of carbonyl (C=O) groups excluding carboxylic acids is 1. The molecule has 0 aliphatic rings. The van der Waals surface area contributed by atoms with Gasteiger partial charge in [0, 0.05) is 0 Å². The summed E-state index contributed by atoms with van der Waals surface area (Å²) in [6.45, 7) is 2.03. The van der Waals surface area contributed by atoms with Crippen LogP contribution in [-0.2, 0) is 4.74 Å². The molecule has 0 unspecified atom stereocenters. The van der Waals surface area contributed by atoms with E-state index in [1.165, 1.54) is 12.7 Å². The molecular weight excluding hydrogens is 340 g/mol. The van der Waals surface area contributed by atoms with Crippen LogP contribution in [0.2, 0.25) is 0 Å². The highest BCUT2D eigenvalue weighted by Gasteiger charge is 2.15. The first-order valence-electron chi connectivity index (χ1n) is 5.93. The number of esters is 1. The fraction of sp³-hybridized carbons (Fsp3) is 0.143. The molecule has 0 amide bonds. The normalized spacial score (nSPS) is 10.9. The molecule has 0 aliphatic heterocycles. The number of aromatic nitrogens is 2. The Hall–Kier alpha value is -1.66. The van der Waals surface area contributed by atoms with E-state index in [-0.39, 0.29) is 5.97 Å². The first kappa shape index (κ1) is 13.3. The molecule has 0 aliphatic carbocycles. The predicted molar refractivity (Wildman–Crippen MR) is 83.2 cm³/mol. The third-order valence-electron chi connectivity index (χ3n) is 3.01. The van der Waals surface area contributed by atoms with E-state index in [4.69, 9.17) is 4.74 Å². The van der Waals surface area contributed by atoms with Crippen molar-refractivity contribution >= 4 is 44.3 Å². The number of halogens is 1. The van der Waals surface area contributed by atoms with Crippen LogP contribution in [0.4, 0.5) is 0 Å². The minimum atomic E-state index is -0.378. The van der Waals surface area contributed by atoms with Crippen molar-refractivity contribution in [2.24, 2.45) is 0 Å². The largest absolute Gasteiger partial charge is 0.465 e. The van der Waals surface area contributed by atoms with Gasteiger partial charge in [-0.25, -0.2) is 9.78 Å². The SMILES string of the molecule is COC(=O)c1cccc2[nH]c(-c3cc(C)c(Br)s3)nc12. The lowest BCUT2D eigenvalue weighted by atomic mass is 10.2. The van der Waals surface area contributed by atoms with E-state index in [1.54, 1.807) is 17.4 Å². The number of H-pyrrole nitrogens is 1. The molecule has 1 N–H and O–H groups in total. The Morgan fingerprint density at radius 1 is 1.45 bits per heavy atom. The molecule has 3 rings (SSSR count). The minimum Gasteiger partial charge on any atom is -0.465 e. The number of aromatic amines is 1. The Morgan fingerprint density at radius 3 is 2.90 bits per heavy atom. The third-order valence-corrected chi connectivity index (χ3v) is 5.15. The Morgan fingerprint density at radius 2 is 2.25 bits per heavy atom. The van der Waals surface area contributed by atoms with Crippen molar-refractivity contribution < 1.29 is 9.53 Å². The van der Waals surface area contributed by atoms with Gasteiger partial charge >= 0.3 is 5.97 Å². The molecule has 2 aromatic heterocycles. The van der Waals surface area contributed by atoms with E-state index in [0.29, 0.717) is 11.1 Å². The number of rotatable bonds is 2. The Labute approximate surface area is 127 Å². The van der Waals surface area contributed by atoms with Crippen molar-refractivity contribution in [3.8, 4) is 10.7 Å². The van der Waals surface area contributed by atoms with Gasteiger partial charge in [-0.15, -0.1) is 11.3 Å². The maximum Gasteiger partial charge on any atom is 0.340 e. The summed E-state index contributed by atoms with van der Waals surface area (Å²) in [6, 6.07) is 7.48. The predicted octanol–water partition coefficient (Wildman–Crippen LogP) is 4.15. The average Bonchev–Trinajstić information content (AvgIpc) is 3.01. The number of para-hydroxylation sites is 1. The first-order chi connectivity index (χ1) is 9.60. The van der Waals surface area contributed by atoms with Crippen molar-refractivity contribution in [3.63, 3.8) is 0 Å². The standard InChI is InChI=1S/C14H11BrN2O2S/c1-7-6-10(20-12(7)15)13-16-9-5-3-4-8(11(9)17-13)14(18)19-2/h3-6H,1-2H3,(H,16,17). The quantitative estimate of drug-likeness (QED) is 0.706. The average molecular weight is 351 g/mol. The topological polar surface area (TPSA) is 55.0 Å². The molecule has 0 atom stereocenters. The maximum absolute atomic E-state index is 11.8. The number of fused-ring (bicyclic) bond motifs is 1. The first-order valence-corrected chi connectivity index (χ1v) is 7.54. The highest BCUT2D eigenvalue weighted by atomic mass is 79.9. The highest BCUT2D eigenvalue weighted by Crippen LogP contribution is 2.34. The van der Waals surface area contributed by atoms with Gasteiger partial charge < -0.3 is 9.72 Å². The second kappa shape index (κ2) is 5.03. The van der Waals surface area contributed by atoms with Crippen molar-refractivity contribution in [1.29, 1.82) is 0 Å². The number of thiophene rings is 1. The van der Waals surface area contributed by atoms with Gasteiger partial charge in [0.25, 0.3) is 0 Å². The molecule has 0 radical (unpaired) electrons. The van der Waals surface area contributed by atoms with Crippen LogP contribution in [0.25, 0.3) is 21.7 Å². The van der Waals surface area contributed by atoms with Gasteiger partial charge in [0.2, 0.25) is 0 Å². The summed E-state index contributed by atoms with van der Waals surface area (Å²) in [4.78, 5) is 20.6. The second-order valence-corrected chi connectivity index (χ2v) is 6.72. The van der Waals surface area contributed by atoms with Crippen LogP contribution in [0, 0.1) is 6.92 Å². The van der Waals surface area contributed by atoms with Crippen LogP contribution in [0.5, 0.6) is 0 Å². The molecule has 3 aromatic rings. The van der Waals surface area contributed by atoms with Crippen LogP contribution >= 0.6 is 27.3 Å². The highest BCUT2D eigenvalue weighted by molar-refractivity contribution is 9.11. The molecule has 6 heteroatoms. The molecule has 0 bridgehead atoms. The number of aryl methyl sites for hydroxylation is 1. The molecule has 0 saturated carbocycles. The number of ether oxygens (including phenoxy) is 1. The lowest BCUT2D eigenvalue weighted by Crippen LogP contribution is -2.01. The molecular formula is C14H11BrN2O2S. The smallest absolute Gasteiger partial charge is 0.340 e. The molecule has 0 saturated heterocycles. The molecule has 4 nitrogen and oxygen atoms in total. The third kappa shape index (κ3) is 2.14. The second-order valence-electron chi connectivity index (χ2n) is 4.35. The molecule has 0 spiro atoms. The lowest BCUT2D eigenvalue weighted by molar-refractivity contribution is 0.0603. The van der Waals surface area contributed by atoms with Gasteiger partial charge in [0.1, 0.15) is 11.3 Å². The Balaban J connectivity index is 2.18. The van der Waals surface area contributed by atoms with Crippen LogP contribution in [-0.4, -0.2) is 23.0 Å². The zero-order valence-corrected chi connectivity index (χ0v) is 13.3. The fourth-order valence-electron chi connectivity index (χ4n) is 2.00. The minimum absolute atomic E-state index is 0.378. The molecule has 20 heavy (non-hydrogen) atoms. The Kier molecular flexibility index (Phi) is 3.35. The number of benzene rings is 1. The zero-order chi connectivity index (χ0) is 14.3. The molecule has 102 valence electrons. The number of methoxy groups -OCH3 is 1. The van der Waals surface area contributed by atoms with Gasteiger partial charge in [0.15, 0.2) is 0 Å². The molecule has 2 heterocycles. The molecule has 0 fully saturated rings. The number of imidazole rings is 1. The summed E-state index contributed by atoms with van der Waals surface area (Å²) >= 11 is 5.12. The Bertz CT molecular complexity index is 787.